The van der Waals surface area contributed by atoms with Crippen molar-refractivity contribution < 1.29 is 14.3 Å². The summed E-state index contributed by atoms with van der Waals surface area (Å²) in [5.74, 6) is -0.723. The first-order valence-corrected chi connectivity index (χ1v) is 7.44. The molecule has 24 heavy (non-hydrogen) atoms. The highest BCUT2D eigenvalue weighted by molar-refractivity contribution is 5.93. The van der Waals surface area contributed by atoms with Gasteiger partial charge in [-0.15, -0.1) is 0 Å². The molecule has 1 heterocycles. The minimum Gasteiger partial charge on any atom is -0.387 e. The van der Waals surface area contributed by atoms with E-state index in [1.165, 1.54) is 30.5 Å². The van der Waals surface area contributed by atoms with E-state index in [1.807, 2.05) is 30.3 Å². The number of carbonyl (C=O) groups is 1. The number of nitrogens with zero attached hydrogens (tertiary/aromatic N) is 2. The monoisotopic (exact) mass is 325 g/mol. The first-order valence-electron chi connectivity index (χ1n) is 7.44. The zero-order valence-electron chi connectivity index (χ0n) is 12.8. The molecule has 122 valence electrons. The summed E-state index contributed by atoms with van der Waals surface area (Å²) in [6.45, 7) is 0.0183. The molecular formula is C18H16FN3O2. The fourth-order valence-corrected chi connectivity index (χ4v) is 2.34. The quantitative estimate of drug-likeness (QED) is 0.757. The Balaban J connectivity index is 1.68. The lowest BCUT2D eigenvalue weighted by atomic mass is 10.1. The number of hydrogen-bond acceptors (Lipinski definition) is 3. The summed E-state index contributed by atoms with van der Waals surface area (Å²) in [4.78, 5) is 16.4. The number of nitrogens with one attached hydrogen (secondary N) is 1. The van der Waals surface area contributed by atoms with Crippen molar-refractivity contribution in [1.29, 1.82) is 0 Å². The molecule has 1 amide bonds. The van der Waals surface area contributed by atoms with Crippen molar-refractivity contribution in [2.24, 2.45) is 0 Å². The maximum Gasteiger partial charge on any atom is 0.270 e. The summed E-state index contributed by atoms with van der Waals surface area (Å²) in [5.41, 5.74) is 1.72. The van der Waals surface area contributed by atoms with Crippen LogP contribution in [0.1, 0.15) is 22.2 Å². The standard InChI is InChI=1S/C18H16FN3O2/c19-14-8-6-13(7-9-14)17(23)11-21-18(24)16-10-20-12-22(16)15-4-2-1-3-5-15/h1-10,12,17,23H,11H2,(H,21,24). The van der Waals surface area contributed by atoms with Crippen LogP contribution in [0.3, 0.4) is 0 Å². The number of halogens is 1. The number of carbonyl (C=O) groups excluding carboxylic acids is 1. The van der Waals surface area contributed by atoms with Crippen molar-refractivity contribution in [3.8, 4) is 5.69 Å². The molecule has 0 radical (unpaired) electrons. The van der Waals surface area contributed by atoms with Crippen LogP contribution in [0, 0.1) is 5.82 Å². The van der Waals surface area contributed by atoms with Crippen LogP contribution in [0.25, 0.3) is 5.69 Å². The smallest absolute Gasteiger partial charge is 0.270 e. The van der Waals surface area contributed by atoms with Crippen LogP contribution in [0.5, 0.6) is 0 Å². The van der Waals surface area contributed by atoms with Crippen LogP contribution in [-0.2, 0) is 0 Å². The maximum atomic E-state index is 12.9. The van der Waals surface area contributed by atoms with E-state index >= 15 is 0 Å². The third-order valence-corrected chi connectivity index (χ3v) is 3.62. The van der Waals surface area contributed by atoms with Crippen molar-refractivity contribution in [3.63, 3.8) is 0 Å². The lowest BCUT2D eigenvalue weighted by molar-refractivity contribution is 0.0909. The van der Waals surface area contributed by atoms with E-state index in [0.29, 0.717) is 11.3 Å². The zero-order chi connectivity index (χ0) is 16.9. The average Bonchev–Trinajstić information content (AvgIpc) is 3.10. The Hall–Kier alpha value is -2.99. The maximum absolute atomic E-state index is 12.9. The molecule has 0 bridgehead atoms. The van der Waals surface area contributed by atoms with E-state index in [4.69, 9.17) is 0 Å². The van der Waals surface area contributed by atoms with Crippen molar-refractivity contribution in [3.05, 3.63) is 84.2 Å². The van der Waals surface area contributed by atoms with Gasteiger partial charge in [0.1, 0.15) is 11.5 Å². The van der Waals surface area contributed by atoms with Gasteiger partial charge in [0.05, 0.1) is 18.6 Å². The minimum absolute atomic E-state index is 0.0183. The Morgan fingerprint density at radius 3 is 2.58 bits per heavy atom. The van der Waals surface area contributed by atoms with Crippen molar-refractivity contribution >= 4 is 5.91 Å². The van der Waals surface area contributed by atoms with Crippen LogP contribution >= 0.6 is 0 Å². The van der Waals surface area contributed by atoms with Crippen molar-refractivity contribution in [2.45, 2.75) is 6.10 Å². The third kappa shape index (κ3) is 3.49. The molecule has 1 aromatic heterocycles. The van der Waals surface area contributed by atoms with Gasteiger partial charge in [-0.2, -0.15) is 0 Å². The molecule has 6 heteroatoms. The Labute approximate surface area is 138 Å². The van der Waals surface area contributed by atoms with Gasteiger partial charge in [0.25, 0.3) is 5.91 Å². The molecule has 2 N–H and O–H groups in total. The van der Waals surface area contributed by atoms with E-state index in [0.717, 1.165) is 5.69 Å². The second-order valence-corrected chi connectivity index (χ2v) is 5.26. The van der Waals surface area contributed by atoms with Crippen LogP contribution in [-0.4, -0.2) is 27.1 Å². The fraction of sp³-hybridized carbons (Fsp3) is 0.111. The highest BCUT2D eigenvalue weighted by Gasteiger charge is 2.15. The largest absolute Gasteiger partial charge is 0.387 e. The molecule has 5 nitrogen and oxygen atoms in total. The molecule has 0 aliphatic carbocycles. The number of amides is 1. The number of aromatic nitrogens is 2. The van der Waals surface area contributed by atoms with Crippen LogP contribution in [0.4, 0.5) is 4.39 Å². The number of hydrogen-bond donors (Lipinski definition) is 2. The van der Waals surface area contributed by atoms with E-state index in [-0.39, 0.29) is 18.3 Å². The summed E-state index contributed by atoms with van der Waals surface area (Å²) < 4.78 is 14.6. The molecule has 0 aliphatic rings. The van der Waals surface area contributed by atoms with Crippen LogP contribution in [0.15, 0.2) is 67.1 Å². The zero-order valence-corrected chi connectivity index (χ0v) is 12.8. The summed E-state index contributed by atoms with van der Waals surface area (Å²) in [6, 6.07) is 14.9. The van der Waals surface area contributed by atoms with Gasteiger partial charge in [0, 0.05) is 12.2 Å². The molecule has 0 saturated carbocycles. The van der Waals surface area contributed by atoms with Gasteiger partial charge in [-0.1, -0.05) is 30.3 Å². The van der Waals surface area contributed by atoms with E-state index in [2.05, 4.69) is 10.3 Å². The van der Waals surface area contributed by atoms with Crippen molar-refractivity contribution in [1.82, 2.24) is 14.9 Å². The number of imidazole rings is 1. The molecule has 2 aromatic carbocycles. The van der Waals surface area contributed by atoms with E-state index in [9.17, 15) is 14.3 Å². The second-order valence-electron chi connectivity index (χ2n) is 5.26. The summed E-state index contributed by atoms with van der Waals surface area (Å²) in [7, 11) is 0. The van der Waals surface area contributed by atoms with Gasteiger partial charge in [0.2, 0.25) is 0 Å². The second kappa shape index (κ2) is 7.06. The number of rotatable bonds is 5. The molecule has 3 aromatic rings. The normalized spacial score (nSPS) is 11.9. The number of aliphatic hydroxyl groups excluding tert-OH is 1. The van der Waals surface area contributed by atoms with Gasteiger partial charge in [-0.3, -0.25) is 9.36 Å². The Morgan fingerprint density at radius 1 is 1.17 bits per heavy atom. The molecule has 0 aliphatic heterocycles. The molecule has 1 atom stereocenters. The molecule has 1 unspecified atom stereocenters. The lowest BCUT2D eigenvalue weighted by Gasteiger charge is -2.13. The molecular weight excluding hydrogens is 309 g/mol. The average molecular weight is 325 g/mol. The summed E-state index contributed by atoms with van der Waals surface area (Å²) in [5, 5.41) is 12.7. The van der Waals surface area contributed by atoms with Gasteiger partial charge >= 0.3 is 0 Å². The Morgan fingerprint density at radius 2 is 1.88 bits per heavy atom. The highest BCUT2D eigenvalue weighted by atomic mass is 19.1. The van der Waals surface area contributed by atoms with E-state index in [1.54, 1.807) is 10.9 Å². The van der Waals surface area contributed by atoms with Crippen LogP contribution < -0.4 is 5.32 Å². The number of para-hydroxylation sites is 1. The lowest BCUT2D eigenvalue weighted by Crippen LogP contribution is -2.29. The third-order valence-electron chi connectivity index (χ3n) is 3.62. The van der Waals surface area contributed by atoms with Gasteiger partial charge in [0.15, 0.2) is 0 Å². The fourth-order valence-electron chi connectivity index (χ4n) is 2.34. The van der Waals surface area contributed by atoms with Crippen molar-refractivity contribution in [2.75, 3.05) is 6.54 Å². The molecule has 3 rings (SSSR count). The topological polar surface area (TPSA) is 67.2 Å². The first-order chi connectivity index (χ1) is 11.6. The first kappa shape index (κ1) is 15.9. The predicted molar refractivity (Wildman–Crippen MR) is 87.3 cm³/mol. The number of benzene rings is 2. The molecule has 0 spiro atoms. The number of aliphatic hydroxyl groups is 1. The SMILES string of the molecule is O=C(NCC(O)c1ccc(F)cc1)c1cncn1-c1ccccc1. The van der Waals surface area contributed by atoms with Gasteiger partial charge in [-0.05, 0) is 29.8 Å². The summed E-state index contributed by atoms with van der Waals surface area (Å²) in [6.07, 6.45) is 2.11. The minimum atomic E-state index is -0.914. The Kier molecular flexibility index (Phi) is 4.67. The Bertz CT molecular complexity index is 816. The molecule has 0 fully saturated rings. The summed E-state index contributed by atoms with van der Waals surface area (Å²) >= 11 is 0. The highest BCUT2D eigenvalue weighted by Crippen LogP contribution is 2.14. The van der Waals surface area contributed by atoms with Gasteiger partial charge in [-0.25, -0.2) is 9.37 Å². The van der Waals surface area contributed by atoms with Gasteiger partial charge < -0.3 is 10.4 Å². The van der Waals surface area contributed by atoms with Crippen LogP contribution in [0.2, 0.25) is 0 Å². The van der Waals surface area contributed by atoms with E-state index < -0.39 is 6.10 Å². The molecule has 0 saturated heterocycles. The predicted octanol–water partition coefficient (Wildman–Crippen LogP) is 2.47.